The molecule has 0 radical (unpaired) electrons. The Morgan fingerprint density at radius 2 is 2.12 bits per heavy atom. The minimum atomic E-state index is 0.580. The molecule has 0 aliphatic carbocycles. The van der Waals surface area contributed by atoms with Crippen molar-refractivity contribution in [1.29, 1.82) is 0 Å². The molecule has 17 heavy (non-hydrogen) atoms. The van der Waals surface area contributed by atoms with Crippen LogP contribution >= 0.6 is 0 Å². The number of aromatic nitrogens is 3. The molecule has 3 rings (SSSR count). The van der Waals surface area contributed by atoms with Crippen molar-refractivity contribution in [3.8, 4) is 0 Å². The molecule has 0 amide bonds. The lowest BCUT2D eigenvalue weighted by molar-refractivity contribution is 0.472. The van der Waals surface area contributed by atoms with Crippen molar-refractivity contribution in [2.24, 2.45) is 0 Å². The van der Waals surface area contributed by atoms with Crippen molar-refractivity contribution in [2.45, 2.75) is 12.6 Å². The largest absolute Gasteiger partial charge is 0.380 e. The molecule has 0 atom stereocenters. The number of rotatable bonds is 4. The van der Waals surface area contributed by atoms with E-state index in [0.717, 1.165) is 19.6 Å². The first-order valence-electron chi connectivity index (χ1n) is 5.79. The third-order valence-electron chi connectivity index (χ3n) is 2.92. The molecule has 88 valence electrons. The Kier molecular flexibility index (Phi) is 2.75. The van der Waals surface area contributed by atoms with Gasteiger partial charge in [-0.15, -0.1) is 0 Å². The zero-order valence-electron chi connectivity index (χ0n) is 9.50. The Bertz CT molecular complexity index is 458. The molecule has 2 aromatic rings. The summed E-state index contributed by atoms with van der Waals surface area (Å²) in [5, 5.41) is 10.8. The van der Waals surface area contributed by atoms with Crippen molar-refractivity contribution < 1.29 is 0 Å². The summed E-state index contributed by atoms with van der Waals surface area (Å²) in [4.78, 5) is 3.93. The zero-order chi connectivity index (χ0) is 11.5. The Balaban J connectivity index is 1.63. The normalized spacial score (nSPS) is 15.5. The number of nitrogens with one attached hydrogen (secondary N) is 2. The van der Waals surface area contributed by atoms with Crippen molar-refractivity contribution in [3.63, 3.8) is 0 Å². The first-order chi connectivity index (χ1) is 8.40. The molecule has 1 fully saturated rings. The topological polar surface area (TPSA) is 54.8 Å². The summed E-state index contributed by atoms with van der Waals surface area (Å²) in [6, 6.07) is 9.05. The molecular formula is C12H15N5. The highest BCUT2D eigenvalue weighted by molar-refractivity contribution is 5.46. The van der Waals surface area contributed by atoms with Gasteiger partial charge < -0.3 is 10.6 Å². The predicted octanol–water partition coefficient (Wildman–Crippen LogP) is 0.710. The maximum atomic E-state index is 4.09. The Morgan fingerprint density at radius 3 is 2.71 bits per heavy atom. The fourth-order valence-corrected chi connectivity index (χ4v) is 1.83. The van der Waals surface area contributed by atoms with Gasteiger partial charge in [-0.05, 0) is 17.7 Å². The van der Waals surface area contributed by atoms with Crippen LogP contribution in [0.15, 0.2) is 36.9 Å². The van der Waals surface area contributed by atoms with E-state index >= 15 is 0 Å². The van der Waals surface area contributed by atoms with Crippen molar-refractivity contribution in [3.05, 3.63) is 42.5 Å². The van der Waals surface area contributed by atoms with Crippen molar-refractivity contribution in [2.75, 3.05) is 18.4 Å². The van der Waals surface area contributed by atoms with E-state index < -0.39 is 0 Å². The molecular weight excluding hydrogens is 214 g/mol. The average molecular weight is 229 g/mol. The summed E-state index contributed by atoms with van der Waals surface area (Å²) in [6.45, 7) is 2.88. The van der Waals surface area contributed by atoms with Gasteiger partial charge in [0.05, 0.1) is 12.6 Å². The fraction of sp³-hybridized carbons (Fsp3) is 0.333. The van der Waals surface area contributed by atoms with E-state index in [4.69, 9.17) is 0 Å². The van der Waals surface area contributed by atoms with Crippen molar-refractivity contribution in [1.82, 2.24) is 20.1 Å². The molecule has 2 heterocycles. The number of hydrogen-bond donors (Lipinski definition) is 2. The number of hydrogen-bond acceptors (Lipinski definition) is 4. The lowest BCUT2D eigenvalue weighted by atomic mass is 10.1. The second-order valence-corrected chi connectivity index (χ2v) is 4.29. The average Bonchev–Trinajstić information content (AvgIpc) is 2.78. The van der Waals surface area contributed by atoms with Gasteiger partial charge in [-0.1, -0.05) is 12.1 Å². The van der Waals surface area contributed by atoms with Crippen LogP contribution in [-0.4, -0.2) is 33.9 Å². The molecule has 1 aromatic carbocycles. The van der Waals surface area contributed by atoms with Crippen LogP contribution in [0.1, 0.15) is 5.56 Å². The van der Waals surface area contributed by atoms with Crippen LogP contribution < -0.4 is 10.6 Å². The molecule has 5 heteroatoms. The molecule has 1 aromatic heterocycles. The Labute approximate surface area is 99.9 Å². The van der Waals surface area contributed by atoms with Crippen LogP contribution in [0.25, 0.3) is 0 Å². The third-order valence-corrected chi connectivity index (χ3v) is 2.92. The maximum absolute atomic E-state index is 4.09. The van der Waals surface area contributed by atoms with Crippen LogP contribution in [0.2, 0.25) is 0 Å². The van der Waals surface area contributed by atoms with E-state index in [9.17, 15) is 0 Å². The zero-order valence-corrected chi connectivity index (χ0v) is 9.50. The molecule has 0 bridgehead atoms. The quantitative estimate of drug-likeness (QED) is 0.810. The van der Waals surface area contributed by atoms with E-state index in [-0.39, 0.29) is 0 Å². The van der Waals surface area contributed by atoms with Gasteiger partial charge in [0, 0.05) is 18.8 Å². The number of nitrogens with zero attached hydrogens (tertiary/aromatic N) is 3. The third kappa shape index (κ3) is 2.45. The minimum Gasteiger partial charge on any atom is -0.380 e. The first kappa shape index (κ1) is 10.3. The molecule has 1 aliphatic rings. The molecule has 5 nitrogen and oxygen atoms in total. The van der Waals surface area contributed by atoms with Gasteiger partial charge >= 0.3 is 0 Å². The Hall–Kier alpha value is -1.88. The van der Waals surface area contributed by atoms with Crippen LogP contribution in [0.3, 0.4) is 0 Å². The SMILES string of the molecule is c1ncn(Cc2ccc(NC3CNC3)cc2)n1. The van der Waals surface area contributed by atoms with E-state index in [1.807, 2.05) is 4.68 Å². The number of benzene rings is 1. The second-order valence-electron chi connectivity index (χ2n) is 4.29. The lowest BCUT2D eigenvalue weighted by Gasteiger charge is -2.29. The summed E-state index contributed by atoms with van der Waals surface area (Å²) in [5.41, 5.74) is 2.41. The van der Waals surface area contributed by atoms with Crippen LogP contribution in [0.4, 0.5) is 5.69 Å². The van der Waals surface area contributed by atoms with Crippen molar-refractivity contribution >= 4 is 5.69 Å². The second kappa shape index (κ2) is 4.55. The van der Waals surface area contributed by atoms with E-state index in [2.05, 4.69) is 45.0 Å². The molecule has 1 saturated heterocycles. The molecule has 0 unspecified atom stereocenters. The van der Waals surface area contributed by atoms with Gasteiger partial charge in [0.1, 0.15) is 12.7 Å². The standard InChI is InChI=1S/C12H15N5/c1-3-11(16-12-5-13-6-12)4-2-10(1)7-17-9-14-8-15-17/h1-4,8-9,12-13,16H,5-7H2. The van der Waals surface area contributed by atoms with E-state index in [0.29, 0.717) is 6.04 Å². The van der Waals surface area contributed by atoms with Gasteiger partial charge in [-0.2, -0.15) is 5.10 Å². The maximum Gasteiger partial charge on any atom is 0.137 e. The molecule has 0 saturated carbocycles. The van der Waals surface area contributed by atoms with E-state index in [1.54, 1.807) is 12.7 Å². The Morgan fingerprint density at radius 1 is 1.29 bits per heavy atom. The van der Waals surface area contributed by atoms with Crippen LogP contribution in [0.5, 0.6) is 0 Å². The number of anilines is 1. The van der Waals surface area contributed by atoms with Crippen LogP contribution in [-0.2, 0) is 6.54 Å². The van der Waals surface area contributed by atoms with Gasteiger partial charge in [0.25, 0.3) is 0 Å². The highest BCUT2D eigenvalue weighted by Gasteiger charge is 2.15. The van der Waals surface area contributed by atoms with Gasteiger partial charge in [0.15, 0.2) is 0 Å². The highest BCUT2D eigenvalue weighted by Crippen LogP contribution is 2.12. The van der Waals surface area contributed by atoms with Crippen LogP contribution in [0, 0.1) is 0 Å². The first-order valence-corrected chi connectivity index (χ1v) is 5.79. The summed E-state index contributed by atoms with van der Waals surface area (Å²) in [5.74, 6) is 0. The smallest absolute Gasteiger partial charge is 0.137 e. The summed E-state index contributed by atoms with van der Waals surface area (Å²) in [7, 11) is 0. The minimum absolute atomic E-state index is 0.580. The predicted molar refractivity (Wildman–Crippen MR) is 65.8 cm³/mol. The van der Waals surface area contributed by atoms with E-state index in [1.165, 1.54) is 11.3 Å². The summed E-state index contributed by atoms with van der Waals surface area (Å²) >= 11 is 0. The molecule has 0 spiro atoms. The fourth-order valence-electron chi connectivity index (χ4n) is 1.83. The van der Waals surface area contributed by atoms with Gasteiger partial charge in [0.2, 0.25) is 0 Å². The summed E-state index contributed by atoms with van der Waals surface area (Å²) < 4.78 is 1.82. The van der Waals surface area contributed by atoms with Gasteiger partial charge in [-0.3, -0.25) is 0 Å². The highest BCUT2D eigenvalue weighted by atomic mass is 15.3. The molecule has 2 N–H and O–H groups in total. The van der Waals surface area contributed by atoms with Gasteiger partial charge in [-0.25, -0.2) is 9.67 Å². The summed E-state index contributed by atoms with van der Waals surface area (Å²) in [6.07, 6.45) is 3.28. The molecule has 1 aliphatic heterocycles. The monoisotopic (exact) mass is 229 g/mol. The lowest BCUT2D eigenvalue weighted by Crippen LogP contribution is -2.51.